The van der Waals surface area contributed by atoms with Gasteiger partial charge in [-0.15, -0.1) is 0 Å². The smallest absolute Gasteiger partial charge is 0.255 e. The van der Waals surface area contributed by atoms with Crippen LogP contribution in [0.5, 0.6) is 5.75 Å². The molecule has 0 atom stereocenters. The molecule has 5 heteroatoms. The van der Waals surface area contributed by atoms with Gasteiger partial charge in [-0.3, -0.25) is 4.79 Å². The van der Waals surface area contributed by atoms with Crippen LogP contribution in [0, 0.1) is 17.6 Å². The third-order valence-electron chi connectivity index (χ3n) is 2.86. The molecule has 0 bridgehead atoms. The monoisotopic (exact) mass is 305 g/mol. The van der Waals surface area contributed by atoms with Crippen LogP contribution in [0.2, 0.25) is 0 Å². The minimum atomic E-state index is -1.01. The Kier molecular flexibility index (Phi) is 5.09. The van der Waals surface area contributed by atoms with E-state index >= 15 is 0 Å². The van der Waals surface area contributed by atoms with Gasteiger partial charge in [0.25, 0.3) is 5.91 Å². The second kappa shape index (κ2) is 7.02. The molecule has 0 heterocycles. The second-order valence-electron chi connectivity index (χ2n) is 5.32. The summed E-state index contributed by atoms with van der Waals surface area (Å²) < 4.78 is 31.5. The van der Waals surface area contributed by atoms with Gasteiger partial charge in [-0.2, -0.15) is 0 Å². The number of nitrogens with one attached hydrogen (secondary N) is 1. The van der Waals surface area contributed by atoms with Crippen LogP contribution in [-0.2, 0) is 0 Å². The zero-order chi connectivity index (χ0) is 16.1. The number of benzene rings is 2. The summed E-state index contributed by atoms with van der Waals surface area (Å²) in [6, 6.07) is 9.90. The molecule has 2 aromatic carbocycles. The van der Waals surface area contributed by atoms with Crippen molar-refractivity contribution in [3.63, 3.8) is 0 Å². The Hall–Kier alpha value is -2.43. The van der Waals surface area contributed by atoms with Crippen LogP contribution < -0.4 is 10.1 Å². The maximum absolute atomic E-state index is 13.1. The van der Waals surface area contributed by atoms with Crippen molar-refractivity contribution in [2.45, 2.75) is 13.8 Å². The number of halogens is 2. The Morgan fingerprint density at radius 2 is 1.91 bits per heavy atom. The first-order chi connectivity index (χ1) is 10.5. The number of carbonyl (C=O) groups is 1. The Bertz CT molecular complexity index is 671. The predicted molar refractivity (Wildman–Crippen MR) is 81.1 cm³/mol. The summed E-state index contributed by atoms with van der Waals surface area (Å²) in [6.07, 6.45) is 0. The Labute approximate surface area is 127 Å². The first-order valence-electron chi connectivity index (χ1n) is 6.95. The maximum atomic E-state index is 13.1. The van der Waals surface area contributed by atoms with Gasteiger partial charge in [-0.25, -0.2) is 8.78 Å². The molecule has 116 valence electrons. The lowest BCUT2D eigenvalue weighted by atomic mass is 10.2. The van der Waals surface area contributed by atoms with Crippen LogP contribution in [0.25, 0.3) is 0 Å². The van der Waals surface area contributed by atoms with Gasteiger partial charge in [-0.05, 0) is 36.2 Å². The predicted octanol–water partition coefficient (Wildman–Crippen LogP) is 4.25. The minimum Gasteiger partial charge on any atom is -0.493 e. The van der Waals surface area contributed by atoms with Crippen LogP contribution >= 0.6 is 0 Å². The van der Waals surface area contributed by atoms with Gasteiger partial charge in [0.1, 0.15) is 5.75 Å². The summed E-state index contributed by atoms with van der Waals surface area (Å²) in [6.45, 7) is 4.60. The summed E-state index contributed by atoms with van der Waals surface area (Å²) in [5.41, 5.74) is 0.573. The average Bonchev–Trinajstić information content (AvgIpc) is 2.49. The zero-order valence-corrected chi connectivity index (χ0v) is 12.4. The maximum Gasteiger partial charge on any atom is 0.255 e. The van der Waals surface area contributed by atoms with E-state index in [2.05, 4.69) is 5.32 Å². The first kappa shape index (κ1) is 15.9. The molecule has 0 aromatic heterocycles. The SMILES string of the molecule is CC(C)COc1cccc(C(=O)Nc2ccc(F)c(F)c2)c1. The van der Waals surface area contributed by atoms with E-state index in [0.29, 0.717) is 23.8 Å². The molecule has 22 heavy (non-hydrogen) atoms. The van der Waals surface area contributed by atoms with Crippen LogP contribution in [-0.4, -0.2) is 12.5 Å². The van der Waals surface area contributed by atoms with Crippen LogP contribution in [0.4, 0.5) is 14.5 Å². The molecule has 0 radical (unpaired) electrons. The molecule has 0 aliphatic heterocycles. The summed E-state index contributed by atoms with van der Waals surface area (Å²) in [5.74, 6) is -1.42. The minimum absolute atomic E-state index is 0.192. The number of ether oxygens (including phenoxy) is 1. The molecule has 2 rings (SSSR count). The Balaban J connectivity index is 2.08. The number of rotatable bonds is 5. The molecular formula is C17H17F2NO2. The third kappa shape index (κ3) is 4.28. The van der Waals surface area contributed by atoms with Crippen molar-refractivity contribution in [2.75, 3.05) is 11.9 Å². The van der Waals surface area contributed by atoms with Crippen molar-refractivity contribution < 1.29 is 18.3 Å². The van der Waals surface area contributed by atoms with E-state index in [1.54, 1.807) is 24.3 Å². The molecule has 3 nitrogen and oxygen atoms in total. The molecule has 2 aromatic rings. The van der Waals surface area contributed by atoms with Gasteiger partial charge >= 0.3 is 0 Å². The highest BCUT2D eigenvalue weighted by Crippen LogP contribution is 2.17. The van der Waals surface area contributed by atoms with E-state index in [0.717, 1.165) is 12.1 Å². The van der Waals surface area contributed by atoms with Crippen LogP contribution in [0.15, 0.2) is 42.5 Å². The van der Waals surface area contributed by atoms with Gasteiger partial charge < -0.3 is 10.1 Å². The molecule has 0 unspecified atom stereocenters. The van der Waals surface area contributed by atoms with Gasteiger partial charge in [0.2, 0.25) is 0 Å². The van der Waals surface area contributed by atoms with Crippen LogP contribution in [0.1, 0.15) is 24.2 Å². The number of hydrogen-bond acceptors (Lipinski definition) is 2. The topological polar surface area (TPSA) is 38.3 Å². The lowest BCUT2D eigenvalue weighted by molar-refractivity contribution is 0.102. The standard InChI is InChI=1S/C17H17F2NO2/c1-11(2)10-22-14-5-3-4-12(8-14)17(21)20-13-6-7-15(18)16(19)9-13/h3-9,11H,10H2,1-2H3,(H,20,21). The van der Waals surface area contributed by atoms with E-state index < -0.39 is 17.5 Å². The summed E-state index contributed by atoms with van der Waals surface area (Å²) in [5, 5.41) is 2.52. The molecule has 0 spiro atoms. The van der Waals surface area contributed by atoms with Crippen molar-refractivity contribution in [1.29, 1.82) is 0 Å². The Morgan fingerprint density at radius 3 is 2.59 bits per heavy atom. The molecule has 0 saturated heterocycles. The first-order valence-corrected chi connectivity index (χ1v) is 6.95. The molecule has 0 fully saturated rings. The molecule has 0 aliphatic carbocycles. The van der Waals surface area contributed by atoms with E-state index in [1.807, 2.05) is 13.8 Å². The van der Waals surface area contributed by atoms with E-state index in [9.17, 15) is 13.6 Å². The van der Waals surface area contributed by atoms with Gasteiger partial charge in [-0.1, -0.05) is 19.9 Å². The molecule has 0 saturated carbocycles. The lowest BCUT2D eigenvalue weighted by Crippen LogP contribution is -2.12. The fourth-order valence-electron chi connectivity index (χ4n) is 1.77. The second-order valence-corrected chi connectivity index (χ2v) is 5.32. The zero-order valence-electron chi connectivity index (χ0n) is 12.4. The molecule has 0 aliphatic rings. The number of carbonyl (C=O) groups excluding carboxylic acids is 1. The highest BCUT2D eigenvalue weighted by atomic mass is 19.2. The summed E-state index contributed by atoms with van der Waals surface area (Å²) in [7, 11) is 0. The van der Waals surface area contributed by atoms with E-state index in [1.165, 1.54) is 6.07 Å². The normalized spacial score (nSPS) is 10.6. The molecular weight excluding hydrogens is 288 g/mol. The van der Waals surface area contributed by atoms with Crippen LogP contribution in [0.3, 0.4) is 0 Å². The van der Waals surface area contributed by atoms with E-state index in [4.69, 9.17) is 4.74 Å². The van der Waals surface area contributed by atoms with E-state index in [-0.39, 0.29) is 5.69 Å². The molecule has 1 N–H and O–H groups in total. The number of amides is 1. The lowest BCUT2D eigenvalue weighted by Gasteiger charge is -2.10. The largest absolute Gasteiger partial charge is 0.493 e. The number of anilines is 1. The van der Waals surface area contributed by atoms with Crippen molar-refractivity contribution >= 4 is 11.6 Å². The highest BCUT2D eigenvalue weighted by molar-refractivity contribution is 6.04. The average molecular weight is 305 g/mol. The van der Waals surface area contributed by atoms with Gasteiger partial charge in [0.15, 0.2) is 11.6 Å². The fourth-order valence-corrected chi connectivity index (χ4v) is 1.77. The summed E-state index contributed by atoms with van der Waals surface area (Å²) in [4.78, 5) is 12.1. The number of hydrogen-bond donors (Lipinski definition) is 1. The third-order valence-corrected chi connectivity index (χ3v) is 2.86. The fraction of sp³-hybridized carbons (Fsp3) is 0.235. The van der Waals surface area contributed by atoms with Gasteiger partial charge in [0.05, 0.1) is 6.61 Å². The molecule has 1 amide bonds. The highest BCUT2D eigenvalue weighted by Gasteiger charge is 2.09. The van der Waals surface area contributed by atoms with Crippen molar-refractivity contribution in [3.8, 4) is 5.75 Å². The van der Waals surface area contributed by atoms with Gasteiger partial charge in [0, 0.05) is 17.3 Å². The van der Waals surface area contributed by atoms with Crippen molar-refractivity contribution in [1.82, 2.24) is 0 Å². The summed E-state index contributed by atoms with van der Waals surface area (Å²) >= 11 is 0. The Morgan fingerprint density at radius 1 is 1.14 bits per heavy atom. The van der Waals surface area contributed by atoms with Crippen molar-refractivity contribution in [2.24, 2.45) is 5.92 Å². The quantitative estimate of drug-likeness (QED) is 0.896. The van der Waals surface area contributed by atoms with Crippen molar-refractivity contribution in [3.05, 3.63) is 59.7 Å².